The molecule has 5 nitrogen and oxygen atoms in total. The number of methoxy groups -OCH3 is 1. The molecule has 0 spiro atoms. The van der Waals surface area contributed by atoms with Crippen LogP contribution in [-0.4, -0.2) is 41.2 Å². The van der Waals surface area contributed by atoms with E-state index in [-0.39, 0.29) is 18.4 Å². The smallest absolute Gasteiger partial charge is 0.127 e. The van der Waals surface area contributed by atoms with Crippen LogP contribution in [0.5, 0.6) is 5.75 Å². The second-order valence-corrected chi connectivity index (χ2v) is 6.46. The topological polar surface area (TPSA) is 42.3 Å². The molecule has 7 heteroatoms. The normalized spacial score (nSPS) is 18.5. The average Bonchev–Trinajstić information content (AvgIpc) is 2.95. The van der Waals surface area contributed by atoms with Crippen molar-refractivity contribution in [3.05, 3.63) is 46.5 Å². The molecule has 1 N–H and O–H groups in total. The minimum Gasteiger partial charge on any atom is -0.496 e. The van der Waals surface area contributed by atoms with Crippen molar-refractivity contribution in [2.24, 2.45) is 7.05 Å². The van der Waals surface area contributed by atoms with Crippen molar-refractivity contribution in [1.29, 1.82) is 0 Å². The van der Waals surface area contributed by atoms with Gasteiger partial charge in [-0.3, -0.25) is 4.90 Å². The van der Waals surface area contributed by atoms with Gasteiger partial charge in [-0.1, -0.05) is 22.0 Å². The van der Waals surface area contributed by atoms with Crippen molar-refractivity contribution in [2.75, 3.05) is 26.7 Å². The first-order valence-electron chi connectivity index (χ1n) is 7.43. The van der Waals surface area contributed by atoms with E-state index in [1.54, 1.807) is 7.11 Å². The van der Waals surface area contributed by atoms with Crippen LogP contribution in [0, 0.1) is 0 Å². The van der Waals surface area contributed by atoms with Crippen LogP contribution in [0.4, 0.5) is 0 Å². The van der Waals surface area contributed by atoms with E-state index in [2.05, 4.69) is 54.9 Å². The number of piperazine rings is 1. The number of nitrogens with one attached hydrogen (secondary N) is 1. The summed E-state index contributed by atoms with van der Waals surface area (Å²) in [6.45, 7) is 3.77. The number of nitrogens with zero attached hydrogens (tertiary/aromatic N) is 3. The molecule has 1 fully saturated rings. The number of rotatable bonds is 4. The summed E-state index contributed by atoms with van der Waals surface area (Å²) in [4.78, 5) is 6.99. The fraction of sp³-hybridized carbons (Fsp3) is 0.438. The molecule has 0 amide bonds. The Morgan fingerprint density at radius 1 is 1.43 bits per heavy atom. The molecule has 1 aliphatic rings. The van der Waals surface area contributed by atoms with Gasteiger partial charge in [0.25, 0.3) is 0 Å². The Morgan fingerprint density at radius 2 is 2.26 bits per heavy atom. The van der Waals surface area contributed by atoms with Gasteiger partial charge >= 0.3 is 0 Å². The van der Waals surface area contributed by atoms with Gasteiger partial charge in [0.05, 0.1) is 13.2 Å². The van der Waals surface area contributed by atoms with Crippen molar-refractivity contribution in [3.8, 4) is 5.75 Å². The van der Waals surface area contributed by atoms with Crippen molar-refractivity contribution in [3.63, 3.8) is 0 Å². The third kappa shape index (κ3) is 4.07. The zero-order valence-electron chi connectivity index (χ0n) is 13.3. The summed E-state index contributed by atoms with van der Waals surface area (Å²) in [6.07, 6.45) is 3.87. The van der Waals surface area contributed by atoms with E-state index in [9.17, 15) is 0 Å². The van der Waals surface area contributed by atoms with Gasteiger partial charge in [-0.15, -0.1) is 12.4 Å². The van der Waals surface area contributed by atoms with Crippen LogP contribution < -0.4 is 10.1 Å². The number of benzene rings is 1. The first kappa shape index (κ1) is 18.3. The molecule has 0 bridgehead atoms. The Kier molecular flexibility index (Phi) is 6.47. The summed E-state index contributed by atoms with van der Waals surface area (Å²) >= 11 is 3.50. The van der Waals surface area contributed by atoms with Gasteiger partial charge in [0.1, 0.15) is 11.6 Å². The van der Waals surface area contributed by atoms with Crippen LogP contribution in [-0.2, 0) is 13.6 Å². The van der Waals surface area contributed by atoms with Gasteiger partial charge in [-0.25, -0.2) is 4.98 Å². The number of aromatic nitrogens is 2. The number of aryl methyl sites for hydroxylation is 1. The Balaban J connectivity index is 0.00000192. The minimum absolute atomic E-state index is 0. The summed E-state index contributed by atoms with van der Waals surface area (Å²) in [6, 6.07) is 6.49. The molecule has 1 aromatic carbocycles. The third-order valence-electron chi connectivity index (χ3n) is 4.13. The van der Waals surface area contributed by atoms with Crippen LogP contribution in [0.2, 0.25) is 0 Å². The molecule has 126 valence electrons. The quantitative estimate of drug-likeness (QED) is 0.855. The third-order valence-corrected chi connectivity index (χ3v) is 4.63. The van der Waals surface area contributed by atoms with Crippen LogP contribution in [0.15, 0.2) is 35.1 Å². The van der Waals surface area contributed by atoms with E-state index < -0.39 is 0 Å². The predicted molar refractivity (Wildman–Crippen MR) is 97.2 cm³/mol. The van der Waals surface area contributed by atoms with Crippen LogP contribution in [0.3, 0.4) is 0 Å². The molecule has 1 saturated heterocycles. The second-order valence-electron chi connectivity index (χ2n) is 5.54. The fourth-order valence-electron chi connectivity index (χ4n) is 2.96. The summed E-state index contributed by atoms with van der Waals surface area (Å²) < 4.78 is 8.66. The van der Waals surface area contributed by atoms with Crippen LogP contribution in [0.1, 0.15) is 17.4 Å². The molecule has 1 aliphatic heterocycles. The molecule has 1 atom stereocenters. The molecule has 23 heavy (non-hydrogen) atoms. The highest BCUT2D eigenvalue weighted by atomic mass is 79.9. The molecule has 0 aliphatic carbocycles. The average molecular weight is 402 g/mol. The maximum Gasteiger partial charge on any atom is 0.127 e. The van der Waals surface area contributed by atoms with Gasteiger partial charge in [-0.2, -0.15) is 0 Å². The van der Waals surface area contributed by atoms with Gasteiger partial charge in [-0.05, 0) is 12.1 Å². The first-order chi connectivity index (χ1) is 10.7. The molecule has 0 saturated carbocycles. The molecular formula is C16H22BrClN4O. The molecule has 2 aromatic rings. The maximum absolute atomic E-state index is 5.52. The summed E-state index contributed by atoms with van der Waals surface area (Å²) in [7, 11) is 3.77. The van der Waals surface area contributed by atoms with Crippen molar-refractivity contribution < 1.29 is 4.74 Å². The van der Waals surface area contributed by atoms with E-state index in [1.807, 2.05) is 18.5 Å². The first-order valence-corrected chi connectivity index (χ1v) is 8.22. The lowest BCUT2D eigenvalue weighted by Gasteiger charge is -2.36. The SMILES string of the molecule is COc1cc(Br)ccc1CN1CCNCC1c1nccn1C.Cl. The second kappa shape index (κ2) is 8.15. The van der Waals surface area contributed by atoms with Gasteiger partial charge in [0.15, 0.2) is 0 Å². The van der Waals surface area contributed by atoms with Gasteiger partial charge in [0.2, 0.25) is 0 Å². The number of hydrogen-bond donors (Lipinski definition) is 1. The molecule has 1 unspecified atom stereocenters. The lowest BCUT2D eigenvalue weighted by molar-refractivity contribution is 0.143. The summed E-state index contributed by atoms with van der Waals surface area (Å²) in [5.41, 5.74) is 1.20. The highest BCUT2D eigenvalue weighted by molar-refractivity contribution is 9.10. The molecule has 2 heterocycles. The Bertz CT molecular complexity index is 649. The number of ether oxygens (including phenoxy) is 1. The highest BCUT2D eigenvalue weighted by Crippen LogP contribution is 2.28. The number of halogens is 2. The molecule has 1 aromatic heterocycles. The van der Waals surface area contributed by atoms with Crippen LogP contribution >= 0.6 is 28.3 Å². The summed E-state index contributed by atoms with van der Waals surface area (Å²) in [5, 5.41) is 3.47. The molecular weight excluding hydrogens is 380 g/mol. The lowest BCUT2D eigenvalue weighted by Crippen LogP contribution is -2.46. The van der Waals surface area contributed by atoms with Crippen molar-refractivity contribution in [1.82, 2.24) is 19.8 Å². The zero-order valence-corrected chi connectivity index (χ0v) is 15.7. The van der Waals surface area contributed by atoms with Crippen molar-refractivity contribution >= 4 is 28.3 Å². The largest absolute Gasteiger partial charge is 0.496 e. The lowest BCUT2D eigenvalue weighted by atomic mass is 10.1. The Hall–Kier alpha value is -1.08. The minimum atomic E-state index is 0. The van der Waals surface area contributed by atoms with Gasteiger partial charge < -0.3 is 14.6 Å². The standard InChI is InChI=1S/C16H21BrN4O.ClH/c1-20-7-6-19-16(20)14-10-18-5-8-21(14)11-12-3-4-13(17)9-15(12)22-2;/h3-4,6-7,9,14,18H,5,8,10-11H2,1-2H3;1H. The Morgan fingerprint density at radius 3 is 2.96 bits per heavy atom. The fourth-order valence-corrected chi connectivity index (χ4v) is 3.30. The van der Waals surface area contributed by atoms with Gasteiger partial charge in [0, 0.05) is 55.7 Å². The summed E-state index contributed by atoms with van der Waals surface area (Å²) in [5.74, 6) is 2.02. The predicted octanol–water partition coefficient (Wildman–Crippen LogP) is 2.76. The zero-order chi connectivity index (χ0) is 15.5. The monoisotopic (exact) mass is 400 g/mol. The number of imidazole rings is 1. The molecule has 3 rings (SSSR count). The van der Waals surface area contributed by atoms with E-state index in [0.717, 1.165) is 42.2 Å². The van der Waals surface area contributed by atoms with E-state index in [4.69, 9.17) is 4.74 Å². The highest BCUT2D eigenvalue weighted by Gasteiger charge is 2.27. The van der Waals surface area contributed by atoms with E-state index in [0.29, 0.717) is 0 Å². The van der Waals surface area contributed by atoms with Crippen LogP contribution in [0.25, 0.3) is 0 Å². The van der Waals surface area contributed by atoms with Crippen molar-refractivity contribution in [2.45, 2.75) is 12.6 Å². The maximum atomic E-state index is 5.52. The van der Waals surface area contributed by atoms with E-state index in [1.165, 1.54) is 5.56 Å². The molecule has 0 radical (unpaired) electrons. The number of hydrogen-bond acceptors (Lipinski definition) is 4. The van der Waals surface area contributed by atoms with E-state index >= 15 is 0 Å². The Labute approximate surface area is 151 Å².